The number of thiazole rings is 1. The van der Waals surface area contributed by atoms with Crippen molar-refractivity contribution in [2.24, 2.45) is 0 Å². The Morgan fingerprint density at radius 1 is 1.17 bits per heavy atom. The number of anilines is 1. The van der Waals surface area contributed by atoms with Crippen molar-refractivity contribution in [1.29, 1.82) is 0 Å². The van der Waals surface area contributed by atoms with Crippen molar-refractivity contribution >= 4 is 56.0 Å². The molecule has 5 nitrogen and oxygen atoms in total. The Morgan fingerprint density at radius 3 is 2.70 bits per heavy atom. The van der Waals surface area contributed by atoms with Gasteiger partial charge in [0.2, 0.25) is 5.91 Å². The normalized spacial score (nSPS) is 14.9. The maximum Gasteiger partial charge on any atom is 0.230 e. The van der Waals surface area contributed by atoms with Crippen molar-refractivity contribution in [1.82, 2.24) is 15.2 Å². The van der Waals surface area contributed by atoms with E-state index < -0.39 is 0 Å². The summed E-state index contributed by atoms with van der Waals surface area (Å²) in [5.41, 5.74) is 2.07. The van der Waals surface area contributed by atoms with Gasteiger partial charge < -0.3 is 10.2 Å². The summed E-state index contributed by atoms with van der Waals surface area (Å²) < 4.78 is 1.19. The van der Waals surface area contributed by atoms with E-state index in [2.05, 4.69) is 21.2 Å². The summed E-state index contributed by atoms with van der Waals surface area (Å²) in [6.45, 7) is 7.44. The van der Waals surface area contributed by atoms with E-state index in [0.717, 1.165) is 58.9 Å². The second kappa shape index (κ2) is 10.0. The highest BCUT2D eigenvalue weighted by molar-refractivity contribution is 8.00. The van der Waals surface area contributed by atoms with E-state index in [-0.39, 0.29) is 5.91 Å². The minimum Gasteiger partial charge on any atom is -0.354 e. The summed E-state index contributed by atoms with van der Waals surface area (Å²) in [6, 6.07) is 14.0. The number of halogens is 1. The number of amides is 1. The lowest BCUT2D eigenvalue weighted by atomic mass is 10.2. The molecule has 3 aromatic rings. The van der Waals surface area contributed by atoms with E-state index >= 15 is 0 Å². The number of piperazine rings is 1. The molecule has 1 aliphatic rings. The van der Waals surface area contributed by atoms with E-state index in [9.17, 15) is 4.79 Å². The number of nitrogens with zero attached hydrogens (tertiary/aromatic N) is 3. The SMILES string of the molecule is Cc1c(Cl)ccc2sc(N3CCN(CCNC(=O)CSc4ccccc4)CC3)nc12. The van der Waals surface area contributed by atoms with Gasteiger partial charge in [-0.05, 0) is 36.8 Å². The summed E-state index contributed by atoms with van der Waals surface area (Å²) >= 11 is 9.54. The van der Waals surface area contributed by atoms with Crippen LogP contribution in [0.1, 0.15) is 5.56 Å². The Balaban J connectivity index is 1.19. The van der Waals surface area contributed by atoms with Gasteiger partial charge in [0.25, 0.3) is 0 Å². The molecule has 1 fully saturated rings. The predicted octanol–water partition coefficient (Wildman–Crippen LogP) is 4.29. The summed E-state index contributed by atoms with van der Waals surface area (Å²) in [4.78, 5) is 22.8. The van der Waals surface area contributed by atoms with Crippen molar-refractivity contribution in [2.75, 3.05) is 49.9 Å². The maximum absolute atomic E-state index is 12.1. The molecule has 158 valence electrons. The number of hydrogen-bond donors (Lipinski definition) is 1. The lowest BCUT2D eigenvalue weighted by Crippen LogP contribution is -2.48. The van der Waals surface area contributed by atoms with Crippen molar-refractivity contribution < 1.29 is 4.79 Å². The smallest absolute Gasteiger partial charge is 0.230 e. The molecule has 0 aliphatic carbocycles. The molecule has 0 radical (unpaired) electrons. The van der Waals surface area contributed by atoms with Gasteiger partial charge in [-0.15, -0.1) is 11.8 Å². The van der Waals surface area contributed by atoms with Crippen LogP contribution in [0.5, 0.6) is 0 Å². The predicted molar refractivity (Wildman–Crippen MR) is 128 cm³/mol. The van der Waals surface area contributed by atoms with Gasteiger partial charge in [-0.3, -0.25) is 9.69 Å². The molecule has 4 rings (SSSR count). The van der Waals surface area contributed by atoms with Crippen molar-refractivity contribution in [3.8, 4) is 0 Å². The molecule has 1 aromatic heterocycles. The number of carbonyl (C=O) groups excluding carboxylic acids is 1. The first-order chi connectivity index (χ1) is 14.6. The molecule has 1 N–H and O–H groups in total. The molecule has 0 atom stereocenters. The van der Waals surface area contributed by atoms with Crippen LogP contribution in [0.3, 0.4) is 0 Å². The zero-order valence-corrected chi connectivity index (χ0v) is 19.3. The molecule has 2 aromatic carbocycles. The van der Waals surface area contributed by atoms with Crippen LogP contribution in [0.4, 0.5) is 5.13 Å². The number of fused-ring (bicyclic) bond motifs is 1. The van der Waals surface area contributed by atoms with Crippen molar-refractivity contribution in [3.63, 3.8) is 0 Å². The largest absolute Gasteiger partial charge is 0.354 e. The van der Waals surface area contributed by atoms with Gasteiger partial charge in [-0.2, -0.15) is 0 Å². The van der Waals surface area contributed by atoms with E-state index in [1.165, 1.54) is 4.70 Å². The van der Waals surface area contributed by atoms with Gasteiger partial charge in [0.15, 0.2) is 5.13 Å². The number of thioether (sulfide) groups is 1. The molecule has 8 heteroatoms. The fourth-order valence-electron chi connectivity index (χ4n) is 3.46. The van der Waals surface area contributed by atoms with Gasteiger partial charge in [-0.25, -0.2) is 4.98 Å². The van der Waals surface area contributed by atoms with E-state index in [1.54, 1.807) is 23.1 Å². The van der Waals surface area contributed by atoms with Crippen molar-refractivity contribution in [2.45, 2.75) is 11.8 Å². The zero-order valence-electron chi connectivity index (χ0n) is 16.9. The molecule has 1 amide bonds. The van der Waals surface area contributed by atoms with Gasteiger partial charge in [0.05, 0.1) is 16.0 Å². The molecular weight excluding hydrogens is 436 g/mol. The molecule has 30 heavy (non-hydrogen) atoms. The summed E-state index contributed by atoms with van der Waals surface area (Å²) in [6.07, 6.45) is 0. The van der Waals surface area contributed by atoms with Gasteiger partial charge >= 0.3 is 0 Å². The van der Waals surface area contributed by atoms with Crippen LogP contribution < -0.4 is 10.2 Å². The summed E-state index contributed by atoms with van der Waals surface area (Å²) in [7, 11) is 0. The Morgan fingerprint density at radius 2 is 1.93 bits per heavy atom. The van der Waals surface area contributed by atoms with E-state index in [1.807, 2.05) is 43.3 Å². The molecular formula is C22H25ClN4OS2. The van der Waals surface area contributed by atoms with E-state index in [0.29, 0.717) is 12.3 Å². The number of aromatic nitrogens is 1. The fraction of sp³-hybridized carbons (Fsp3) is 0.364. The van der Waals surface area contributed by atoms with Crippen LogP contribution in [0, 0.1) is 6.92 Å². The second-order valence-corrected chi connectivity index (χ2v) is 9.76. The van der Waals surface area contributed by atoms with Gasteiger partial charge in [0, 0.05) is 49.2 Å². The second-order valence-electron chi connectivity index (χ2n) is 7.30. The first-order valence-corrected chi connectivity index (χ1v) is 12.3. The van der Waals surface area contributed by atoms with Crippen LogP contribution in [0.15, 0.2) is 47.4 Å². The number of aryl methyl sites for hydroxylation is 1. The summed E-state index contributed by atoms with van der Waals surface area (Å²) in [5, 5.41) is 4.88. The van der Waals surface area contributed by atoms with Crippen LogP contribution in [0.25, 0.3) is 10.2 Å². The zero-order chi connectivity index (χ0) is 20.9. The highest BCUT2D eigenvalue weighted by atomic mass is 35.5. The topological polar surface area (TPSA) is 48.5 Å². The average molecular weight is 461 g/mol. The number of benzene rings is 2. The first-order valence-electron chi connectivity index (χ1n) is 10.1. The minimum atomic E-state index is 0.0889. The Hall–Kier alpha value is -1.80. The quantitative estimate of drug-likeness (QED) is 0.533. The number of rotatable bonds is 7. The Bertz CT molecular complexity index is 1000. The van der Waals surface area contributed by atoms with E-state index in [4.69, 9.17) is 16.6 Å². The van der Waals surface area contributed by atoms with Gasteiger partial charge in [0.1, 0.15) is 0 Å². The third-order valence-electron chi connectivity index (χ3n) is 5.24. The Kier molecular flexibility index (Phi) is 7.15. The molecule has 1 aliphatic heterocycles. The van der Waals surface area contributed by atoms with Crippen molar-refractivity contribution in [3.05, 3.63) is 53.1 Å². The lowest BCUT2D eigenvalue weighted by molar-refractivity contribution is -0.118. The molecule has 0 saturated carbocycles. The van der Waals surface area contributed by atoms with Gasteiger partial charge in [-0.1, -0.05) is 41.1 Å². The van der Waals surface area contributed by atoms with Crippen LogP contribution in [-0.4, -0.2) is 60.8 Å². The molecule has 1 saturated heterocycles. The van der Waals surface area contributed by atoms with Crippen LogP contribution in [-0.2, 0) is 4.79 Å². The maximum atomic E-state index is 12.1. The molecule has 0 bridgehead atoms. The third-order valence-corrected chi connectivity index (χ3v) is 7.75. The first kappa shape index (κ1) is 21.4. The molecule has 0 unspecified atom stereocenters. The Labute approximate surface area is 190 Å². The summed E-state index contributed by atoms with van der Waals surface area (Å²) in [5.74, 6) is 0.546. The monoisotopic (exact) mass is 460 g/mol. The molecule has 0 spiro atoms. The van der Waals surface area contributed by atoms with Crippen LogP contribution in [0.2, 0.25) is 5.02 Å². The number of hydrogen-bond acceptors (Lipinski definition) is 6. The lowest BCUT2D eigenvalue weighted by Gasteiger charge is -2.34. The standard InChI is InChI=1S/C22H25ClN4OS2/c1-16-18(23)7-8-19-21(16)25-22(30-19)27-13-11-26(12-14-27)10-9-24-20(28)15-29-17-5-3-2-4-6-17/h2-8H,9-15H2,1H3,(H,24,28). The fourth-order valence-corrected chi connectivity index (χ4v) is 5.44. The third kappa shape index (κ3) is 5.27. The minimum absolute atomic E-state index is 0.0889. The highest BCUT2D eigenvalue weighted by Gasteiger charge is 2.20. The average Bonchev–Trinajstić information content (AvgIpc) is 3.21. The number of nitrogens with one attached hydrogen (secondary N) is 1. The highest BCUT2D eigenvalue weighted by Crippen LogP contribution is 2.33. The van der Waals surface area contributed by atoms with Crippen LogP contribution >= 0.6 is 34.7 Å². The molecule has 2 heterocycles. The number of carbonyl (C=O) groups is 1.